The normalized spacial score (nSPS) is 12.4. The van der Waals surface area contributed by atoms with Gasteiger partial charge >= 0.3 is 0 Å². The number of aromatic nitrogens is 1. The molecule has 0 saturated heterocycles. The summed E-state index contributed by atoms with van der Waals surface area (Å²) in [6, 6.07) is 11.5. The third kappa shape index (κ3) is 5.60. The van der Waals surface area contributed by atoms with E-state index in [2.05, 4.69) is 9.71 Å². The average molecular weight is 383 g/mol. The number of benzene rings is 1. The van der Waals surface area contributed by atoms with Crippen molar-refractivity contribution >= 4 is 20.0 Å². The third-order valence-electron chi connectivity index (χ3n) is 3.56. The van der Waals surface area contributed by atoms with Gasteiger partial charge in [-0.2, -0.15) is 0 Å². The minimum atomic E-state index is -3.48. The Balaban J connectivity index is 1.94. The molecule has 0 spiro atoms. The minimum absolute atomic E-state index is 0.0837. The van der Waals surface area contributed by atoms with Crippen LogP contribution in [0, 0.1) is 0 Å². The first-order valence-corrected chi connectivity index (χ1v) is 10.7. The third-order valence-corrected chi connectivity index (χ3v) is 6.72. The van der Waals surface area contributed by atoms with Crippen LogP contribution < -0.4 is 4.72 Å². The number of hydrogen-bond acceptors (Lipinski definition) is 5. The van der Waals surface area contributed by atoms with E-state index in [0.717, 1.165) is 9.87 Å². The molecule has 1 aromatic carbocycles. The molecule has 9 heteroatoms. The lowest BCUT2D eigenvalue weighted by molar-refractivity contribution is 0.520. The van der Waals surface area contributed by atoms with Crippen molar-refractivity contribution in [1.29, 1.82) is 0 Å². The van der Waals surface area contributed by atoms with Gasteiger partial charge in [0.05, 0.1) is 22.9 Å². The Labute approximate surface area is 148 Å². The van der Waals surface area contributed by atoms with Crippen LogP contribution in [0.2, 0.25) is 0 Å². The summed E-state index contributed by atoms with van der Waals surface area (Å²) in [4.78, 5) is 4.24. The summed E-state index contributed by atoms with van der Waals surface area (Å²) in [6.45, 7) is 0.142. The average Bonchev–Trinajstić information content (AvgIpc) is 2.59. The van der Waals surface area contributed by atoms with Crippen LogP contribution >= 0.6 is 0 Å². The van der Waals surface area contributed by atoms with Gasteiger partial charge in [-0.15, -0.1) is 0 Å². The molecule has 0 aliphatic rings. The van der Waals surface area contributed by atoms with Crippen LogP contribution in [0.25, 0.3) is 0 Å². The van der Waals surface area contributed by atoms with Crippen molar-refractivity contribution in [3.05, 3.63) is 59.9 Å². The van der Waals surface area contributed by atoms with Gasteiger partial charge in [0.25, 0.3) is 0 Å². The van der Waals surface area contributed by atoms with Crippen LogP contribution in [0.3, 0.4) is 0 Å². The molecule has 136 valence electrons. The van der Waals surface area contributed by atoms with Gasteiger partial charge in [-0.3, -0.25) is 4.98 Å². The van der Waals surface area contributed by atoms with Crippen molar-refractivity contribution in [2.24, 2.45) is 0 Å². The molecular weight excluding hydrogens is 362 g/mol. The van der Waals surface area contributed by atoms with Crippen molar-refractivity contribution in [2.45, 2.75) is 17.9 Å². The summed E-state index contributed by atoms with van der Waals surface area (Å²) in [5, 5.41) is 0. The second-order valence-corrected chi connectivity index (χ2v) is 9.72. The molecule has 1 N–H and O–H groups in total. The first-order chi connectivity index (χ1) is 11.7. The highest BCUT2D eigenvalue weighted by atomic mass is 32.2. The lowest BCUT2D eigenvalue weighted by Gasteiger charge is -2.11. The standard InChI is InChI=1S/C16H21N3O4S2/c1-19(2)25(22,23)16-8-6-14(7-9-16)10-12-24(20,21)18-13-15-5-3-4-11-17-15/h3-9,11,18H,10,12-13H2,1-2H3. The molecule has 0 amide bonds. The van der Waals surface area contributed by atoms with Crippen LogP contribution in [-0.2, 0) is 33.0 Å². The maximum Gasteiger partial charge on any atom is 0.242 e. The molecule has 0 saturated carbocycles. The molecule has 2 rings (SSSR count). The van der Waals surface area contributed by atoms with E-state index in [9.17, 15) is 16.8 Å². The van der Waals surface area contributed by atoms with Gasteiger partial charge in [-0.1, -0.05) is 18.2 Å². The molecule has 0 aliphatic carbocycles. The number of sulfonamides is 2. The summed E-state index contributed by atoms with van der Waals surface area (Å²) in [6.07, 6.45) is 1.90. The fourth-order valence-electron chi connectivity index (χ4n) is 2.05. The molecule has 0 fully saturated rings. The Morgan fingerprint density at radius 2 is 1.68 bits per heavy atom. The molecule has 25 heavy (non-hydrogen) atoms. The fourth-order valence-corrected chi connectivity index (χ4v) is 3.97. The number of aryl methyl sites for hydroxylation is 1. The van der Waals surface area contributed by atoms with E-state index in [1.165, 1.54) is 26.2 Å². The monoisotopic (exact) mass is 383 g/mol. The van der Waals surface area contributed by atoms with E-state index in [1.807, 2.05) is 0 Å². The Morgan fingerprint density at radius 3 is 2.24 bits per heavy atom. The zero-order chi connectivity index (χ0) is 18.5. The predicted molar refractivity (Wildman–Crippen MR) is 95.9 cm³/mol. The lowest BCUT2D eigenvalue weighted by atomic mass is 10.2. The Hall–Kier alpha value is -1.81. The summed E-state index contributed by atoms with van der Waals surface area (Å²) < 4.78 is 51.7. The Bertz CT molecular complexity index is 894. The van der Waals surface area contributed by atoms with Gasteiger partial charge in [0.15, 0.2) is 0 Å². The van der Waals surface area contributed by atoms with Gasteiger partial charge in [-0.05, 0) is 36.2 Å². The zero-order valence-corrected chi connectivity index (χ0v) is 15.7. The maximum atomic E-state index is 12.1. The van der Waals surface area contributed by atoms with Gasteiger partial charge in [-0.25, -0.2) is 25.9 Å². The van der Waals surface area contributed by atoms with Crippen LogP contribution in [0.15, 0.2) is 53.6 Å². The molecule has 2 aromatic rings. The van der Waals surface area contributed by atoms with Gasteiger partial charge in [0.2, 0.25) is 20.0 Å². The molecule has 1 heterocycles. The summed E-state index contributed by atoms with van der Waals surface area (Å²) in [5.41, 5.74) is 1.39. The van der Waals surface area contributed by atoms with Gasteiger partial charge < -0.3 is 0 Å². The highest BCUT2D eigenvalue weighted by Gasteiger charge is 2.17. The van der Waals surface area contributed by atoms with Crippen molar-refractivity contribution < 1.29 is 16.8 Å². The first-order valence-electron chi connectivity index (χ1n) is 7.59. The Kier molecular flexibility index (Phi) is 6.28. The van der Waals surface area contributed by atoms with Crippen molar-refractivity contribution in [1.82, 2.24) is 14.0 Å². The quantitative estimate of drug-likeness (QED) is 0.733. The first kappa shape index (κ1) is 19.5. The molecule has 1 aromatic heterocycles. The summed E-state index contributed by atoms with van der Waals surface area (Å²) >= 11 is 0. The molecular formula is C16H21N3O4S2. The molecule has 0 radical (unpaired) electrons. The molecule has 0 bridgehead atoms. The van der Waals surface area contributed by atoms with Crippen LogP contribution in [0.1, 0.15) is 11.3 Å². The number of hydrogen-bond donors (Lipinski definition) is 1. The second-order valence-electron chi connectivity index (χ2n) is 5.64. The molecule has 0 aliphatic heterocycles. The van der Waals surface area contributed by atoms with Crippen LogP contribution in [0.5, 0.6) is 0 Å². The van der Waals surface area contributed by atoms with Crippen molar-refractivity contribution in [3.63, 3.8) is 0 Å². The summed E-state index contributed by atoms with van der Waals surface area (Å²) in [7, 11) is -4.00. The number of pyridine rings is 1. The topological polar surface area (TPSA) is 96.4 Å². The molecule has 0 unspecified atom stereocenters. The Morgan fingerprint density at radius 1 is 1.00 bits per heavy atom. The smallest absolute Gasteiger partial charge is 0.242 e. The second kappa shape index (κ2) is 8.05. The van der Waals surface area contributed by atoms with E-state index in [-0.39, 0.29) is 17.2 Å². The highest BCUT2D eigenvalue weighted by Crippen LogP contribution is 2.14. The zero-order valence-electron chi connectivity index (χ0n) is 14.1. The lowest BCUT2D eigenvalue weighted by Crippen LogP contribution is -2.27. The number of nitrogens with one attached hydrogen (secondary N) is 1. The van der Waals surface area contributed by atoms with Crippen LogP contribution in [-0.4, -0.2) is 46.0 Å². The molecule has 7 nitrogen and oxygen atoms in total. The van der Waals surface area contributed by atoms with E-state index < -0.39 is 20.0 Å². The van der Waals surface area contributed by atoms with E-state index in [1.54, 1.807) is 36.5 Å². The van der Waals surface area contributed by atoms with E-state index >= 15 is 0 Å². The van der Waals surface area contributed by atoms with Gasteiger partial charge in [0.1, 0.15) is 0 Å². The summed E-state index contributed by atoms with van der Waals surface area (Å²) in [5.74, 6) is -0.0837. The van der Waals surface area contributed by atoms with Crippen molar-refractivity contribution in [2.75, 3.05) is 19.8 Å². The predicted octanol–water partition coefficient (Wildman–Crippen LogP) is 0.994. The number of rotatable bonds is 8. The van der Waals surface area contributed by atoms with Gasteiger partial charge in [0, 0.05) is 20.3 Å². The molecule has 0 atom stereocenters. The maximum absolute atomic E-state index is 12.1. The van der Waals surface area contributed by atoms with E-state index in [4.69, 9.17) is 0 Å². The SMILES string of the molecule is CN(C)S(=O)(=O)c1ccc(CCS(=O)(=O)NCc2ccccn2)cc1. The minimum Gasteiger partial charge on any atom is -0.260 e. The highest BCUT2D eigenvalue weighted by molar-refractivity contribution is 7.89. The van der Waals surface area contributed by atoms with E-state index in [0.29, 0.717) is 12.1 Å². The largest absolute Gasteiger partial charge is 0.260 e. The number of nitrogens with zero attached hydrogens (tertiary/aromatic N) is 2. The fraction of sp³-hybridized carbons (Fsp3) is 0.312. The van der Waals surface area contributed by atoms with Crippen LogP contribution in [0.4, 0.5) is 0 Å². The van der Waals surface area contributed by atoms with Crippen molar-refractivity contribution in [3.8, 4) is 0 Å².